The monoisotopic (exact) mass is 499 g/mol. The van der Waals surface area contributed by atoms with E-state index in [1.165, 1.54) is 36.9 Å². The Kier molecular flexibility index (Phi) is 7.17. The van der Waals surface area contributed by atoms with Crippen molar-refractivity contribution in [2.24, 2.45) is 0 Å². The van der Waals surface area contributed by atoms with Gasteiger partial charge in [0.2, 0.25) is 15.9 Å². The number of carbonyl (C=O) groups excluding carboxylic acids is 1. The number of amides is 1. The Morgan fingerprint density at radius 2 is 1.94 bits per heavy atom. The molecule has 3 aromatic rings. The van der Waals surface area contributed by atoms with E-state index in [9.17, 15) is 26.4 Å². The summed E-state index contributed by atoms with van der Waals surface area (Å²) in [7, 11) is -3.88. The van der Waals surface area contributed by atoms with Crippen molar-refractivity contribution in [1.82, 2.24) is 25.0 Å². The summed E-state index contributed by atoms with van der Waals surface area (Å²) >= 11 is 0. The molecule has 13 heteroatoms. The van der Waals surface area contributed by atoms with E-state index in [-0.39, 0.29) is 35.0 Å². The van der Waals surface area contributed by atoms with Gasteiger partial charge in [-0.3, -0.25) is 4.79 Å². The van der Waals surface area contributed by atoms with Crippen LogP contribution >= 0.6 is 0 Å². The minimum Gasteiger partial charge on any atom is -0.360 e. The highest BCUT2D eigenvalue weighted by atomic mass is 32.2. The Labute approximate surface area is 194 Å². The van der Waals surface area contributed by atoms with E-state index in [1.807, 2.05) is 0 Å². The van der Waals surface area contributed by atoms with Crippen molar-refractivity contribution in [3.63, 3.8) is 0 Å². The van der Waals surface area contributed by atoms with Crippen molar-refractivity contribution in [2.45, 2.75) is 51.2 Å². The maximum atomic E-state index is 13.0. The second-order valence-electron chi connectivity index (χ2n) is 7.74. The number of rotatable bonds is 8. The van der Waals surface area contributed by atoms with Crippen LogP contribution in [0.15, 0.2) is 39.9 Å². The van der Waals surface area contributed by atoms with Crippen molar-refractivity contribution < 1.29 is 30.9 Å². The Hall–Kier alpha value is -3.19. The van der Waals surface area contributed by atoms with Gasteiger partial charge in [0.05, 0.1) is 23.5 Å². The Morgan fingerprint density at radius 1 is 1.24 bits per heavy atom. The molecule has 2 N–H and O–H groups in total. The molecule has 2 heterocycles. The predicted octanol–water partition coefficient (Wildman–Crippen LogP) is 3.35. The standard InChI is InChI=1S/C21H24F3N5O4S/c1-12(27-19(30)8-9-26-34(31,32)20-13(2)28-33-15(20)4)18-11-25-29(14(18)3)17-7-5-6-16(10-17)21(22,23)24/h5-7,10-12,26H,8-9H2,1-4H3,(H,27,30)/t12-/m1/s1. The van der Waals surface area contributed by atoms with Gasteiger partial charge in [-0.25, -0.2) is 17.8 Å². The molecule has 184 valence electrons. The van der Waals surface area contributed by atoms with Crippen LogP contribution in [0.5, 0.6) is 0 Å². The number of alkyl halides is 3. The van der Waals surface area contributed by atoms with E-state index < -0.39 is 33.7 Å². The lowest BCUT2D eigenvalue weighted by Crippen LogP contribution is -2.32. The third-order valence-corrected chi connectivity index (χ3v) is 6.90. The smallest absolute Gasteiger partial charge is 0.360 e. The molecule has 1 amide bonds. The summed E-state index contributed by atoms with van der Waals surface area (Å²) in [5.74, 6) is -0.267. The predicted molar refractivity (Wildman–Crippen MR) is 116 cm³/mol. The average Bonchev–Trinajstić information content (AvgIpc) is 3.29. The first kappa shape index (κ1) is 25.4. The van der Waals surface area contributed by atoms with Gasteiger partial charge in [-0.05, 0) is 45.9 Å². The lowest BCUT2D eigenvalue weighted by molar-refractivity contribution is -0.137. The van der Waals surface area contributed by atoms with E-state index in [4.69, 9.17) is 4.52 Å². The van der Waals surface area contributed by atoms with E-state index in [2.05, 4.69) is 20.3 Å². The lowest BCUT2D eigenvalue weighted by Gasteiger charge is -2.15. The maximum Gasteiger partial charge on any atom is 0.416 e. The van der Waals surface area contributed by atoms with E-state index in [1.54, 1.807) is 13.8 Å². The van der Waals surface area contributed by atoms with Gasteiger partial charge >= 0.3 is 6.18 Å². The quantitative estimate of drug-likeness (QED) is 0.491. The molecule has 0 spiro atoms. The van der Waals surface area contributed by atoms with Gasteiger partial charge in [-0.1, -0.05) is 11.2 Å². The van der Waals surface area contributed by atoms with E-state index in [0.717, 1.165) is 12.1 Å². The molecule has 2 aromatic heterocycles. The number of halogens is 3. The molecule has 0 aliphatic rings. The first-order valence-electron chi connectivity index (χ1n) is 10.3. The van der Waals surface area contributed by atoms with Crippen LogP contribution in [0.2, 0.25) is 0 Å². The molecule has 0 aliphatic heterocycles. The number of carbonyl (C=O) groups is 1. The highest BCUT2D eigenvalue weighted by Crippen LogP contribution is 2.31. The zero-order chi connectivity index (χ0) is 25.3. The highest BCUT2D eigenvalue weighted by Gasteiger charge is 2.31. The number of hydrogen-bond acceptors (Lipinski definition) is 6. The van der Waals surface area contributed by atoms with Gasteiger partial charge in [0.15, 0.2) is 5.76 Å². The number of benzene rings is 1. The molecule has 0 radical (unpaired) electrons. The molecule has 0 saturated heterocycles. The van der Waals surface area contributed by atoms with Crippen LogP contribution in [0.4, 0.5) is 13.2 Å². The second-order valence-corrected chi connectivity index (χ2v) is 9.44. The number of nitrogens with one attached hydrogen (secondary N) is 2. The Balaban J connectivity index is 1.63. The molecule has 0 aliphatic carbocycles. The summed E-state index contributed by atoms with van der Waals surface area (Å²) in [6.45, 7) is 6.22. The molecule has 0 bridgehead atoms. The van der Waals surface area contributed by atoms with Gasteiger partial charge in [-0.15, -0.1) is 0 Å². The van der Waals surface area contributed by atoms with Crippen LogP contribution in [-0.2, 0) is 21.0 Å². The van der Waals surface area contributed by atoms with Gasteiger partial charge in [0.25, 0.3) is 0 Å². The fraction of sp³-hybridized carbons (Fsp3) is 0.381. The molecule has 0 saturated carbocycles. The number of nitrogens with zero attached hydrogens (tertiary/aromatic N) is 3. The summed E-state index contributed by atoms with van der Waals surface area (Å²) < 4.78 is 72.5. The Morgan fingerprint density at radius 3 is 2.56 bits per heavy atom. The number of sulfonamides is 1. The highest BCUT2D eigenvalue weighted by molar-refractivity contribution is 7.89. The van der Waals surface area contributed by atoms with Gasteiger partial charge < -0.3 is 9.84 Å². The minimum absolute atomic E-state index is 0.0566. The molecule has 0 fully saturated rings. The average molecular weight is 500 g/mol. The second kappa shape index (κ2) is 9.58. The van der Waals surface area contributed by atoms with Crippen LogP contribution in [-0.4, -0.2) is 35.8 Å². The fourth-order valence-corrected chi connectivity index (χ4v) is 4.90. The lowest BCUT2D eigenvalue weighted by atomic mass is 10.1. The Bertz CT molecular complexity index is 1280. The third kappa shape index (κ3) is 5.47. The third-order valence-electron chi connectivity index (χ3n) is 5.19. The molecular formula is C21H24F3N5O4S. The fourth-order valence-electron chi connectivity index (χ4n) is 3.54. The first-order valence-corrected chi connectivity index (χ1v) is 11.7. The SMILES string of the molecule is Cc1noc(C)c1S(=O)(=O)NCCC(=O)N[C@H](C)c1cnn(-c2cccc(C(F)(F)F)c2)c1C. The van der Waals surface area contributed by atoms with Crippen LogP contribution < -0.4 is 10.0 Å². The molecule has 1 atom stereocenters. The zero-order valence-electron chi connectivity index (χ0n) is 18.9. The van der Waals surface area contributed by atoms with Crippen LogP contribution in [0.1, 0.15) is 47.7 Å². The molecular weight excluding hydrogens is 475 g/mol. The van der Waals surface area contributed by atoms with E-state index >= 15 is 0 Å². The normalized spacial score (nSPS) is 13.1. The summed E-state index contributed by atoms with van der Waals surface area (Å²) in [5.41, 5.74) is 0.845. The van der Waals surface area contributed by atoms with Crippen molar-refractivity contribution in [2.75, 3.05) is 6.54 Å². The molecule has 9 nitrogen and oxygen atoms in total. The van der Waals surface area contributed by atoms with Crippen molar-refractivity contribution >= 4 is 15.9 Å². The van der Waals surface area contributed by atoms with Crippen LogP contribution in [0.25, 0.3) is 5.69 Å². The molecule has 0 unspecified atom stereocenters. The van der Waals surface area contributed by atoms with Crippen molar-refractivity contribution in [3.8, 4) is 5.69 Å². The minimum atomic E-state index is -4.48. The number of hydrogen-bond donors (Lipinski definition) is 2. The van der Waals surface area contributed by atoms with Crippen molar-refractivity contribution in [1.29, 1.82) is 0 Å². The largest absolute Gasteiger partial charge is 0.416 e. The number of aryl methyl sites for hydroxylation is 2. The van der Waals surface area contributed by atoms with Gasteiger partial charge in [0.1, 0.15) is 10.6 Å². The van der Waals surface area contributed by atoms with Gasteiger partial charge in [0, 0.05) is 24.2 Å². The van der Waals surface area contributed by atoms with Crippen LogP contribution in [0, 0.1) is 20.8 Å². The molecule has 3 rings (SSSR count). The summed E-state index contributed by atoms with van der Waals surface area (Å²) in [4.78, 5) is 12.3. The van der Waals surface area contributed by atoms with E-state index in [0.29, 0.717) is 11.3 Å². The molecule has 1 aromatic carbocycles. The van der Waals surface area contributed by atoms with Crippen LogP contribution in [0.3, 0.4) is 0 Å². The van der Waals surface area contributed by atoms with Crippen molar-refractivity contribution in [3.05, 3.63) is 58.7 Å². The zero-order valence-corrected chi connectivity index (χ0v) is 19.7. The van der Waals surface area contributed by atoms with Gasteiger partial charge in [-0.2, -0.15) is 18.3 Å². The number of aromatic nitrogens is 3. The molecule has 34 heavy (non-hydrogen) atoms. The maximum absolute atomic E-state index is 13.0. The summed E-state index contributed by atoms with van der Waals surface area (Å²) in [5, 5.41) is 10.5. The first-order chi connectivity index (χ1) is 15.8. The topological polar surface area (TPSA) is 119 Å². The summed E-state index contributed by atoms with van der Waals surface area (Å²) in [6, 6.07) is 4.27. The summed E-state index contributed by atoms with van der Waals surface area (Å²) in [6.07, 6.45) is -3.14.